The van der Waals surface area contributed by atoms with E-state index in [1.807, 2.05) is 31.2 Å². The number of para-hydroxylation sites is 1. The van der Waals surface area contributed by atoms with Crippen molar-refractivity contribution in [2.75, 3.05) is 10.6 Å². The standard InChI is InChI=1S/C20H19BrFN5O2/c1-3-13-6-4-5-7-16(13)24-20(29)19-12(2)27(26-25-19)11-18(28)23-17-9-8-14(21)10-15(17)22/h4-10H,3,11H2,1-2H3,(H,23,28)(H,24,29). The number of benzene rings is 2. The van der Waals surface area contributed by atoms with E-state index in [4.69, 9.17) is 0 Å². The van der Waals surface area contributed by atoms with Gasteiger partial charge in [0.05, 0.1) is 11.4 Å². The Morgan fingerprint density at radius 1 is 1.14 bits per heavy atom. The Bertz CT molecular complexity index is 1070. The highest BCUT2D eigenvalue weighted by atomic mass is 79.9. The molecule has 2 aromatic carbocycles. The van der Waals surface area contributed by atoms with Crippen molar-refractivity contribution in [2.45, 2.75) is 26.8 Å². The van der Waals surface area contributed by atoms with Gasteiger partial charge >= 0.3 is 0 Å². The van der Waals surface area contributed by atoms with Gasteiger partial charge in [0.2, 0.25) is 5.91 Å². The predicted molar refractivity (Wildman–Crippen MR) is 111 cm³/mol. The molecule has 1 aromatic heterocycles. The number of hydrogen-bond donors (Lipinski definition) is 2. The molecule has 2 N–H and O–H groups in total. The topological polar surface area (TPSA) is 88.9 Å². The molecule has 0 spiro atoms. The fourth-order valence-corrected chi connectivity index (χ4v) is 3.10. The van der Waals surface area contributed by atoms with Gasteiger partial charge in [-0.1, -0.05) is 46.3 Å². The lowest BCUT2D eigenvalue weighted by atomic mass is 10.1. The zero-order valence-corrected chi connectivity index (χ0v) is 17.5. The van der Waals surface area contributed by atoms with Gasteiger partial charge in [-0.2, -0.15) is 0 Å². The van der Waals surface area contributed by atoms with Gasteiger partial charge in [0.1, 0.15) is 12.4 Å². The van der Waals surface area contributed by atoms with E-state index in [9.17, 15) is 14.0 Å². The van der Waals surface area contributed by atoms with Crippen molar-refractivity contribution < 1.29 is 14.0 Å². The first kappa shape index (κ1) is 20.7. The second-order valence-electron chi connectivity index (χ2n) is 6.32. The second kappa shape index (κ2) is 8.95. The molecule has 150 valence electrons. The minimum atomic E-state index is -0.558. The fraction of sp³-hybridized carbons (Fsp3) is 0.200. The van der Waals surface area contributed by atoms with Gasteiger partial charge in [0.25, 0.3) is 5.91 Å². The summed E-state index contributed by atoms with van der Waals surface area (Å²) in [6, 6.07) is 11.8. The van der Waals surface area contributed by atoms with E-state index in [0.717, 1.165) is 12.0 Å². The van der Waals surface area contributed by atoms with Crippen LogP contribution in [0.2, 0.25) is 0 Å². The maximum absolute atomic E-state index is 13.9. The Balaban J connectivity index is 1.70. The molecule has 2 amide bonds. The molecule has 3 rings (SSSR count). The highest BCUT2D eigenvalue weighted by molar-refractivity contribution is 9.10. The maximum atomic E-state index is 13.9. The minimum absolute atomic E-state index is 0.0603. The number of hydrogen-bond acceptors (Lipinski definition) is 4. The Morgan fingerprint density at radius 3 is 2.62 bits per heavy atom. The third-order valence-corrected chi connectivity index (χ3v) is 4.84. The summed E-state index contributed by atoms with van der Waals surface area (Å²) in [6.07, 6.45) is 0.773. The molecule has 0 aliphatic carbocycles. The Kier molecular flexibility index (Phi) is 6.38. The summed E-state index contributed by atoms with van der Waals surface area (Å²) >= 11 is 3.16. The van der Waals surface area contributed by atoms with Crippen molar-refractivity contribution in [3.8, 4) is 0 Å². The Hall–Kier alpha value is -3.07. The lowest BCUT2D eigenvalue weighted by Crippen LogP contribution is -2.21. The van der Waals surface area contributed by atoms with Crippen molar-refractivity contribution >= 4 is 39.1 Å². The van der Waals surface area contributed by atoms with E-state index >= 15 is 0 Å². The summed E-state index contributed by atoms with van der Waals surface area (Å²) in [5.74, 6) is -1.45. The molecule has 9 heteroatoms. The lowest BCUT2D eigenvalue weighted by Gasteiger charge is -2.09. The molecule has 29 heavy (non-hydrogen) atoms. The fourth-order valence-electron chi connectivity index (χ4n) is 2.77. The first-order valence-corrected chi connectivity index (χ1v) is 9.72. The van der Waals surface area contributed by atoms with Crippen LogP contribution in [0.4, 0.5) is 15.8 Å². The van der Waals surface area contributed by atoms with Crippen molar-refractivity contribution in [2.24, 2.45) is 0 Å². The largest absolute Gasteiger partial charge is 0.322 e. The molecule has 0 bridgehead atoms. The predicted octanol–water partition coefficient (Wildman–Crippen LogP) is 3.94. The minimum Gasteiger partial charge on any atom is -0.322 e. The first-order chi connectivity index (χ1) is 13.9. The summed E-state index contributed by atoms with van der Waals surface area (Å²) in [5.41, 5.74) is 2.32. The number of anilines is 2. The van der Waals surface area contributed by atoms with E-state index in [0.29, 0.717) is 15.9 Å². The second-order valence-corrected chi connectivity index (χ2v) is 7.23. The van der Waals surface area contributed by atoms with Crippen LogP contribution in [0.3, 0.4) is 0 Å². The van der Waals surface area contributed by atoms with E-state index in [1.165, 1.54) is 16.8 Å². The van der Waals surface area contributed by atoms with Crippen LogP contribution >= 0.6 is 15.9 Å². The third kappa shape index (κ3) is 4.86. The zero-order valence-electron chi connectivity index (χ0n) is 15.9. The van der Waals surface area contributed by atoms with Crippen LogP contribution in [-0.4, -0.2) is 26.8 Å². The van der Waals surface area contributed by atoms with Crippen LogP contribution in [0.5, 0.6) is 0 Å². The Labute approximate surface area is 175 Å². The van der Waals surface area contributed by atoms with Crippen LogP contribution in [0, 0.1) is 12.7 Å². The van der Waals surface area contributed by atoms with Crippen molar-refractivity contribution in [1.29, 1.82) is 0 Å². The van der Waals surface area contributed by atoms with Crippen molar-refractivity contribution in [3.63, 3.8) is 0 Å². The van der Waals surface area contributed by atoms with E-state index in [2.05, 4.69) is 36.9 Å². The number of carbonyl (C=O) groups is 2. The lowest BCUT2D eigenvalue weighted by molar-refractivity contribution is -0.117. The molecule has 0 fully saturated rings. The van der Waals surface area contributed by atoms with Crippen LogP contribution in [-0.2, 0) is 17.8 Å². The highest BCUT2D eigenvalue weighted by Gasteiger charge is 2.19. The SMILES string of the molecule is CCc1ccccc1NC(=O)c1nnn(CC(=O)Nc2ccc(Br)cc2F)c1C. The molecule has 0 saturated heterocycles. The molecular formula is C20H19BrFN5O2. The van der Waals surface area contributed by atoms with E-state index < -0.39 is 17.6 Å². The number of amides is 2. The molecule has 0 atom stereocenters. The molecule has 0 aliphatic heterocycles. The van der Waals surface area contributed by atoms with Gasteiger partial charge in [0.15, 0.2) is 5.69 Å². The van der Waals surface area contributed by atoms with Gasteiger partial charge in [-0.15, -0.1) is 5.10 Å². The molecule has 0 saturated carbocycles. The number of aromatic nitrogens is 3. The Morgan fingerprint density at radius 2 is 1.90 bits per heavy atom. The van der Waals surface area contributed by atoms with Gasteiger partial charge < -0.3 is 10.6 Å². The molecule has 3 aromatic rings. The summed E-state index contributed by atoms with van der Waals surface area (Å²) in [5, 5.41) is 13.1. The zero-order chi connectivity index (χ0) is 21.0. The number of aryl methyl sites for hydroxylation is 1. The quantitative estimate of drug-likeness (QED) is 0.583. The molecule has 1 heterocycles. The smallest absolute Gasteiger partial charge is 0.278 e. The van der Waals surface area contributed by atoms with E-state index in [1.54, 1.807) is 13.0 Å². The van der Waals surface area contributed by atoms with Gasteiger partial charge in [-0.25, -0.2) is 9.07 Å². The molecule has 0 aliphatic rings. The van der Waals surface area contributed by atoms with Gasteiger partial charge in [-0.05, 0) is 43.2 Å². The average molecular weight is 460 g/mol. The number of halogens is 2. The summed E-state index contributed by atoms with van der Waals surface area (Å²) in [6.45, 7) is 3.45. The number of nitrogens with zero attached hydrogens (tertiary/aromatic N) is 3. The molecule has 0 unspecified atom stereocenters. The average Bonchev–Trinajstić information content (AvgIpc) is 3.05. The van der Waals surface area contributed by atoms with Gasteiger partial charge in [0, 0.05) is 10.2 Å². The maximum Gasteiger partial charge on any atom is 0.278 e. The summed E-state index contributed by atoms with van der Waals surface area (Å²) in [4.78, 5) is 24.8. The summed E-state index contributed by atoms with van der Waals surface area (Å²) < 4.78 is 15.7. The van der Waals surface area contributed by atoms with Crippen LogP contribution < -0.4 is 10.6 Å². The van der Waals surface area contributed by atoms with Crippen molar-refractivity contribution in [1.82, 2.24) is 15.0 Å². The van der Waals surface area contributed by atoms with Crippen LogP contribution in [0.15, 0.2) is 46.9 Å². The first-order valence-electron chi connectivity index (χ1n) is 8.93. The van der Waals surface area contributed by atoms with Gasteiger partial charge in [-0.3, -0.25) is 9.59 Å². The summed E-state index contributed by atoms with van der Waals surface area (Å²) in [7, 11) is 0. The van der Waals surface area contributed by atoms with Crippen LogP contribution in [0.25, 0.3) is 0 Å². The van der Waals surface area contributed by atoms with E-state index in [-0.39, 0.29) is 17.9 Å². The molecule has 7 nitrogen and oxygen atoms in total. The number of carbonyl (C=O) groups excluding carboxylic acids is 2. The third-order valence-electron chi connectivity index (χ3n) is 4.34. The monoisotopic (exact) mass is 459 g/mol. The number of nitrogens with one attached hydrogen (secondary N) is 2. The highest BCUT2D eigenvalue weighted by Crippen LogP contribution is 2.20. The van der Waals surface area contributed by atoms with Crippen molar-refractivity contribution in [3.05, 3.63) is 69.7 Å². The molecular weight excluding hydrogens is 441 g/mol. The molecule has 0 radical (unpaired) electrons. The normalized spacial score (nSPS) is 10.6. The van der Waals surface area contributed by atoms with Crippen LogP contribution in [0.1, 0.15) is 28.7 Å². The number of rotatable bonds is 6.